The first kappa shape index (κ1) is 13.9. The second-order valence-electron chi connectivity index (χ2n) is 4.93. The van der Waals surface area contributed by atoms with Crippen LogP contribution in [0.5, 0.6) is 0 Å². The fourth-order valence-electron chi connectivity index (χ4n) is 2.28. The van der Waals surface area contributed by atoms with Crippen LogP contribution in [0.1, 0.15) is 24.4 Å². The van der Waals surface area contributed by atoms with Gasteiger partial charge in [0.1, 0.15) is 5.01 Å². The molecule has 4 nitrogen and oxygen atoms in total. The van der Waals surface area contributed by atoms with Gasteiger partial charge in [0.05, 0.1) is 6.04 Å². The summed E-state index contributed by atoms with van der Waals surface area (Å²) < 4.78 is 0. The zero-order chi connectivity index (χ0) is 12.8. The monoisotopic (exact) mass is 268 g/mol. The Balaban J connectivity index is 1.68. The molecular formula is C13H24N4S. The van der Waals surface area contributed by atoms with E-state index in [1.807, 2.05) is 6.20 Å². The van der Waals surface area contributed by atoms with Gasteiger partial charge in [0, 0.05) is 50.8 Å². The first-order valence-electron chi connectivity index (χ1n) is 6.83. The molecule has 1 N–H and O–H groups in total. The van der Waals surface area contributed by atoms with Gasteiger partial charge in [-0.05, 0) is 13.5 Å². The molecule has 0 saturated carbocycles. The van der Waals surface area contributed by atoms with E-state index in [1.54, 1.807) is 11.3 Å². The van der Waals surface area contributed by atoms with E-state index in [0.29, 0.717) is 6.04 Å². The van der Waals surface area contributed by atoms with Crippen molar-refractivity contribution >= 4 is 11.3 Å². The summed E-state index contributed by atoms with van der Waals surface area (Å²) in [4.78, 5) is 9.34. The molecule has 0 spiro atoms. The van der Waals surface area contributed by atoms with Gasteiger partial charge in [-0.25, -0.2) is 4.98 Å². The van der Waals surface area contributed by atoms with Crippen LogP contribution in [0.25, 0.3) is 0 Å². The van der Waals surface area contributed by atoms with Crippen LogP contribution in [0.2, 0.25) is 0 Å². The second-order valence-corrected chi connectivity index (χ2v) is 5.86. The Hall–Kier alpha value is -0.490. The van der Waals surface area contributed by atoms with Gasteiger partial charge in [0.15, 0.2) is 0 Å². The first-order chi connectivity index (χ1) is 8.79. The minimum absolute atomic E-state index is 0.428. The summed E-state index contributed by atoms with van der Waals surface area (Å²) in [6.07, 6.45) is 3.00. The summed E-state index contributed by atoms with van der Waals surface area (Å²) in [5.74, 6) is 0. The third-order valence-corrected chi connectivity index (χ3v) is 4.46. The van der Waals surface area contributed by atoms with E-state index in [1.165, 1.54) is 31.2 Å². The maximum absolute atomic E-state index is 4.40. The molecule has 2 rings (SSSR count). The van der Waals surface area contributed by atoms with Crippen LogP contribution >= 0.6 is 11.3 Å². The molecule has 1 aromatic heterocycles. The molecule has 1 atom stereocenters. The molecule has 0 amide bonds. The van der Waals surface area contributed by atoms with E-state index in [4.69, 9.17) is 0 Å². The molecule has 1 fully saturated rings. The standard InChI is InChI=1S/C13H24N4S/c1-3-12(13-15-5-11-18-13)14-4-6-17-9-7-16(2)8-10-17/h5,11-12,14H,3-4,6-10H2,1-2H3. The largest absolute Gasteiger partial charge is 0.307 e. The Morgan fingerprint density at radius 2 is 2.17 bits per heavy atom. The summed E-state index contributed by atoms with van der Waals surface area (Å²) in [6, 6.07) is 0.428. The number of rotatable bonds is 6. The Morgan fingerprint density at radius 3 is 2.78 bits per heavy atom. The van der Waals surface area contributed by atoms with Crippen LogP contribution in [0.3, 0.4) is 0 Å². The highest BCUT2D eigenvalue weighted by atomic mass is 32.1. The van der Waals surface area contributed by atoms with Gasteiger partial charge in [-0.1, -0.05) is 6.92 Å². The quantitative estimate of drug-likeness (QED) is 0.846. The van der Waals surface area contributed by atoms with Crippen molar-refractivity contribution in [3.05, 3.63) is 16.6 Å². The van der Waals surface area contributed by atoms with E-state index in [2.05, 4.69) is 39.5 Å². The third kappa shape index (κ3) is 4.02. The molecule has 1 aliphatic heterocycles. The van der Waals surface area contributed by atoms with Crippen LogP contribution in [0, 0.1) is 0 Å². The van der Waals surface area contributed by atoms with Crippen molar-refractivity contribution < 1.29 is 0 Å². The maximum atomic E-state index is 4.40. The molecule has 0 radical (unpaired) electrons. The molecule has 1 aromatic rings. The number of likely N-dealkylation sites (N-methyl/N-ethyl adjacent to an activating group) is 1. The second kappa shape index (κ2) is 7.19. The minimum atomic E-state index is 0.428. The highest BCUT2D eigenvalue weighted by Crippen LogP contribution is 2.18. The van der Waals surface area contributed by atoms with E-state index >= 15 is 0 Å². The highest BCUT2D eigenvalue weighted by Gasteiger charge is 2.15. The van der Waals surface area contributed by atoms with Gasteiger partial charge in [0.25, 0.3) is 0 Å². The van der Waals surface area contributed by atoms with Crippen LogP contribution < -0.4 is 5.32 Å². The lowest BCUT2D eigenvalue weighted by molar-refractivity contribution is 0.153. The molecule has 1 saturated heterocycles. The molecule has 1 unspecified atom stereocenters. The Kier molecular flexibility index (Phi) is 5.56. The number of nitrogens with zero attached hydrogens (tertiary/aromatic N) is 3. The summed E-state index contributed by atoms with van der Waals surface area (Å²) in [5, 5.41) is 6.90. The highest BCUT2D eigenvalue weighted by molar-refractivity contribution is 7.09. The normalized spacial score (nSPS) is 20.1. The van der Waals surface area contributed by atoms with Gasteiger partial charge in [-0.3, -0.25) is 4.90 Å². The molecule has 0 aromatic carbocycles. The molecule has 0 bridgehead atoms. The van der Waals surface area contributed by atoms with E-state index in [0.717, 1.165) is 19.5 Å². The summed E-state index contributed by atoms with van der Waals surface area (Å²) in [7, 11) is 2.20. The lowest BCUT2D eigenvalue weighted by Gasteiger charge is -2.32. The molecule has 2 heterocycles. The number of aromatic nitrogens is 1. The van der Waals surface area contributed by atoms with Crippen LogP contribution in [-0.2, 0) is 0 Å². The van der Waals surface area contributed by atoms with Gasteiger partial charge >= 0.3 is 0 Å². The average Bonchev–Trinajstić information content (AvgIpc) is 2.91. The number of thiazole rings is 1. The van der Waals surface area contributed by atoms with Crippen molar-refractivity contribution in [3.8, 4) is 0 Å². The van der Waals surface area contributed by atoms with Crippen molar-refractivity contribution in [1.82, 2.24) is 20.1 Å². The number of hydrogen-bond donors (Lipinski definition) is 1. The van der Waals surface area contributed by atoms with Gasteiger partial charge in [-0.15, -0.1) is 11.3 Å². The predicted octanol–water partition coefficient (Wildman–Crippen LogP) is 1.43. The Morgan fingerprint density at radius 1 is 1.39 bits per heavy atom. The van der Waals surface area contributed by atoms with E-state index < -0.39 is 0 Å². The predicted molar refractivity (Wildman–Crippen MR) is 77.1 cm³/mol. The molecule has 5 heteroatoms. The van der Waals surface area contributed by atoms with Crippen LogP contribution in [0.15, 0.2) is 11.6 Å². The molecule has 1 aliphatic rings. The van der Waals surface area contributed by atoms with E-state index in [-0.39, 0.29) is 0 Å². The lowest BCUT2D eigenvalue weighted by Crippen LogP contribution is -2.46. The third-order valence-electron chi connectivity index (χ3n) is 3.57. The molecular weight excluding hydrogens is 244 g/mol. The molecule has 0 aliphatic carbocycles. The van der Waals surface area contributed by atoms with Crippen LogP contribution in [-0.4, -0.2) is 61.1 Å². The molecule has 18 heavy (non-hydrogen) atoms. The summed E-state index contributed by atoms with van der Waals surface area (Å²) >= 11 is 1.75. The number of nitrogens with one attached hydrogen (secondary N) is 1. The van der Waals surface area contributed by atoms with Crippen molar-refractivity contribution in [2.24, 2.45) is 0 Å². The first-order valence-corrected chi connectivity index (χ1v) is 7.71. The van der Waals surface area contributed by atoms with Gasteiger partial charge in [-0.2, -0.15) is 0 Å². The van der Waals surface area contributed by atoms with Crippen LogP contribution in [0.4, 0.5) is 0 Å². The Bertz CT molecular complexity index is 320. The molecule has 102 valence electrons. The van der Waals surface area contributed by atoms with Gasteiger partial charge < -0.3 is 10.2 Å². The zero-order valence-corrected chi connectivity index (χ0v) is 12.2. The van der Waals surface area contributed by atoms with Crippen molar-refractivity contribution in [2.45, 2.75) is 19.4 Å². The van der Waals surface area contributed by atoms with E-state index in [9.17, 15) is 0 Å². The fraction of sp³-hybridized carbons (Fsp3) is 0.769. The number of piperazine rings is 1. The minimum Gasteiger partial charge on any atom is -0.307 e. The van der Waals surface area contributed by atoms with Gasteiger partial charge in [0.2, 0.25) is 0 Å². The van der Waals surface area contributed by atoms with Crippen molar-refractivity contribution in [1.29, 1.82) is 0 Å². The van der Waals surface area contributed by atoms with Crippen molar-refractivity contribution in [3.63, 3.8) is 0 Å². The zero-order valence-electron chi connectivity index (χ0n) is 11.4. The van der Waals surface area contributed by atoms with Crippen molar-refractivity contribution in [2.75, 3.05) is 46.3 Å². The number of hydrogen-bond acceptors (Lipinski definition) is 5. The average molecular weight is 268 g/mol. The Labute approximate surface area is 114 Å². The topological polar surface area (TPSA) is 31.4 Å². The maximum Gasteiger partial charge on any atom is 0.109 e. The summed E-state index contributed by atoms with van der Waals surface area (Å²) in [6.45, 7) is 9.22. The SMILES string of the molecule is CCC(NCCN1CCN(C)CC1)c1nccs1. The lowest BCUT2D eigenvalue weighted by atomic mass is 10.2. The smallest absolute Gasteiger partial charge is 0.109 e. The summed E-state index contributed by atoms with van der Waals surface area (Å²) in [5.41, 5.74) is 0. The fourth-order valence-corrected chi connectivity index (χ4v) is 3.08.